The van der Waals surface area contributed by atoms with Crippen LogP contribution in [0.4, 0.5) is 0 Å². The van der Waals surface area contributed by atoms with Crippen LogP contribution in [0.15, 0.2) is 81.2 Å². The second kappa shape index (κ2) is 7.93. The molecular formula is C19H19NO4S3. The van der Waals surface area contributed by atoms with Crippen molar-refractivity contribution in [2.75, 3.05) is 6.54 Å². The maximum absolute atomic E-state index is 13.1. The summed E-state index contributed by atoms with van der Waals surface area (Å²) in [5.74, 6) is 0. The fraction of sp³-hybridized carbons (Fsp3) is 0.158. The van der Waals surface area contributed by atoms with Crippen LogP contribution in [0.3, 0.4) is 0 Å². The molecule has 0 fully saturated rings. The van der Waals surface area contributed by atoms with Crippen molar-refractivity contribution < 1.29 is 16.8 Å². The van der Waals surface area contributed by atoms with Crippen LogP contribution in [0.2, 0.25) is 0 Å². The van der Waals surface area contributed by atoms with Gasteiger partial charge in [-0.05, 0) is 41.6 Å². The molecule has 1 N–H and O–H groups in total. The number of sulfonamides is 1. The van der Waals surface area contributed by atoms with Crippen LogP contribution in [-0.2, 0) is 19.9 Å². The molecule has 0 saturated carbocycles. The Morgan fingerprint density at radius 1 is 0.926 bits per heavy atom. The van der Waals surface area contributed by atoms with Gasteiger partial charge in [-0.2, -0.15) is 0 Å². The maximum atomic E-state index is 13.1. The van der Waals surface area contributed by atoms with Crippen LogP contribution in [0.25, 0.3) is 0 Å². The monoisotopic (exact) mass is 421 g/mol. The third-order valence-corrected chi connectivity index (χ3v) is 9.03. The summed E-state index contributed by atoms with van der Waals surface area (Å²) >= 11 is 1.12. The summed E-state index contributed by atoms with van der Waals surface area (Å²) in [4.78, 5) is 0.114. The minimum atomic E-state index is -3.83. The van der Waals surface area contributed by atoms with Crippen LogP contribution in [0, 0.1) is 6.92 Å². The maximum Gasteiger partial charge on any atom is 0.240 e. The lowest BCUT2D eigenvalue weighted by atomic mass is 10.1. The minimum absolute atomic E-state index is 0.114. The van der Waals surface area contributed by atoms with Crippen molar-refractivity contribution in [3.8, 4) is 0 Å². The molecule has 0 radical (unpaired) electrons. The normalized spacial score (nSPS) is 13.4. The summed E-state index contributed by atoms with van der Waals surface area (Å²) in [7, 11) is -7.56. The largest absolute Gasteiger partial charge is 0.240 e. The van der Waals surface area contributed by atoms with Gasteiger partial charge in [0.05, 0.1) is 4.90 Å². The van der Waals surface area contributed by atoms with Gasteiger partial charge in [0.15, 0.2) is 9.84 Å². The van der Waals surface area contributed by atoms with E-state index in [4.69, 9.17) is 0 Å². The molecule has 0 aliphatic rings. The van der Waals surface area contributed by atoms with Crippen molar-refractivity contribution in [3.63, 3.8) is 0 Å². The summed E-state index contributed by atoms with van der Waals surface area (Å²) in [6.45, 7) is 1.55. The first-order valence-electron chi connectivity index (χ1n) is 8.19. The molecule has 3 rings (SSSR count). The number of aryl methyl sites for hydroxylation is 1. The highest BCUT2D eigenvalue weighted by Gasteiger charge is 2.31. The molecule has 1 atom stereocenters. The number of benzene rings is 2. The first kappa shape index (κ1) is 19.8. The lowest BCUT2D eigenvalue weighted by molar-refractivity contribution is 0.569. The molecule has 1 heterocycles. The van der Waals surface area contributed by atoms with E-state index in [1.807, 2.05) is 0 Å². The van der Waals surface area contributed by atoms with Crippen LogP contribution in [0.5, 0.6) is 0 Å². The molecule has 2 aromatic carbocycles. The van der Waals surface area contributed by atoms with E-state index in [1.165, 1.54) is 12.1 Å². The quantitative estimate of drug-likeness (QED) is 0.633. The highest BCUT2D eigenvalue weighted by atomic mass is 32.2. The zero-order chi connectivity index (χ0) is 19.5. The van der Waals surface area contributed by atoms with Crippen molar-refractivity contribution >= 4 is 31.2 Å². The standard InChI is InChI=1S/C19H19NO4S3/c1-15-7-5-10-17(13-15)27(23,24)20-14-18(16-8-3-2-4-9-16)26(21,22)19-11-6-12-25-19/h2-13,18,20H,14H2,1H3. The summed E-state index contributed by atoms with van der Waals surface area (Å²) < 4.78 is 54.1. The summed E-state index contributed by atoms with van der Waals surface area (Å²) in [6, 6.07) is 18.3. The van der Waals surface area contributed by atoms with Crippen LogP contribution >= 0.6 is 11.3 Å². The predicted octanol–water partition coefficient (Wildman–Crippen LogP) is 3.55. The Morgan fingerprint density at radius 3 is 2.30 bits per heavy atom. The minimum Gasteiger partial charge on any atom is -0.222 e. The van der Waals surface area contributed by atoms with E-state index in [0.717, 1.165) is 16.9 Å². The van der Waals surface area contributed by atoms with Crippen LogP contribution in [-0.4, -0.2) is 23.4 Å². The molecule has 1 unspecified atom stereocenters. The molecule has 0 bridgehead atoms. The highest BCUT2D eigenvalue weighted by Crippen LogP contribution is 2.31. The van der Waals surface area contributed by atoms with E-state index < -0.39 is 25.1 Å². The van der Waals surface area contributed by atoms with E-state index >= 15 is 0 Å². The predicted molar refractivity (Wildman–Crippen MR) is 107 cm³/mol. The summed E-state index contributed by atoms with van der Waals surface area (Å²) in [5.41, 5.74) is 1.35. The Bertz CT molecular complexity index is 1110. The average Bonchev–Trinajstić information content (AvgIpc) is 3.18. The first-order valence-corrected chi connectivity index (χ1v) is 12.1. The number of rotatable bonds is 7. The van der Waals surface area contributed by atoms with Crippen LogP contribution < -0.4 is 4.72 Å². The summed E-state index contributed by atoms with van der Waals surface area (Å²) in [6.07, 6.45) is 0. The number of nitrogens with one attached hydrogen (secondary N) is 1. The van der Waals surface area contributed by atoms with Gasteiger partial charge in [0.25, 0.3) is 0 Å². The van der Waals surface area contributed by atoms with Gasteiger partial charge in [-0.25, -0.2) is 21.6 Å². The molecule has 0 amide bonds. The number of hydrogen-bond acceptors (Lipinski definition) is 5. The second-order valence-corrected chi connectivity index (χ2v) is 11.1. The van der Waals surface area contributed by atoms with Gasteiger partial charge >= 0.3 is 0 Å². The van der Waals surface area contributed by atoms with Crippen molar-refractivity contribution in [3.05, 3.63) is 83.2 Å². The molecule has 5 nitrogen and oxygen atoms in total. The molecule has 0 aliphatic heterocycles. The van der Waals surface area contributed by atoms with Gasteiger partial charge in [0.2, 0.25) is 10.0 Å². The molecule has 0 aliphatic carbocycles. The number of hydrogen-bond donors (Lipinski definition) is 1. The molecular weight excluding hydrogens is 402 g/mol. The van der Waals surface area contributed by atoms with Gasteiger partial charge in [0.1, 0.15) is 9.46 Å². The van der Waals surface area contributed by atoms with E-state index in [2.05, 4.69) is 4.72 Å². The Labute approximate surface area is 163 Å². The fourth-order valence-electron chi connectivity index (χ4n) is 2.69. The van der Waals surface area contributed by atoms with E-state index in [1.54, 1.807) is 66.9 Å². The lowest BCUT2D eigenvalue weighted by Crippen LogP contribution is -2.31. The molecule has 3 aromatic rings. The third kappa shape index (κ3) is 4.47. The lowest BCUT2D eigenvalue weighted by Gasteiger charge is -2.18. The van der Waals surface area contributed by atoms with Crippen molar-refractivity contribution in [2.45, 2.75) is 21.3 Å². The zero-order valence-corrected chi connectivity index (χ0v) is 17.0. The topological polar surface area (TPSA) is 80.3 Å². The van der Waals surface area contributed by atoms with Gasteiger partial charge in [-0.3, -0.25) is 0 Å². The van der Waals surface area contributed by atoms with Crippen molar-refractivity contribution in [2.24, 2.45) is 0 Å². The Hall–Kier alpha value is -2.00. The Kier molecular flexibility index (Phi) is 5.81. The van der Waals surface area contributed by atoms with Gasteiger partial charge in [-0.15, -0.1) is 11.3 Å². The molecule has 27 heavy (non-hydrogen) atoms. The van der Waals surface area contributed by atoms with Gasteiger partial charge in [-0.1, -0.05) is 48.5 Å². The third-order valence-electron chi connectivity index (χ3n) is 4.08. The fourth-order valence-corrected chi connectivity index (χ4v) is 6.82. The van der Waals surface area contributed by atoms with Gasteiger partial charge < -0.3 is 0 Å². The van der Waals surface area contributed by atoms with Gasteiger partial charge in [0, 0.05) is 6.54 Å². The smallest absolute Gasteiger partial charge is 0.222 e. The van der Waals surface area contributed by atoms with Crippen molar-refractivity contribution in [1.29, 1.82) is 0 Å². The second-order valence-electron chi connectivity index (χ2n) is 6.04. The SMILES string of the molecule is Cc1cccc(S(=O)(=O)NCC(c2ccccc2)S(=O)(=O)c2cccs2)c1. The zero-order valence-electron chi connectivity index (χ0n) is 14.6. The summed E-state index contributed by atoms with van der Waals surface area (Å²) in [5, 5.41) is 0.670. The van der Waals surface area contributed by atoms with Crippen LogP contribution in [0.1, 0.15) is 16.4 Å². The van der Waals surface area contributed by atoms with E-state index in [-0.39, 0.29) is 15.6 Å². The van der Waals surface area contributed by atoms with E-state index in [9.17, 15) is 16.8 Å². The van der Waals surface area contributed by atoms with Crippen molar-refractivity contribution in [1.82, 2.24) is 4.72 Å². The molecule has 0 spiro atoms. The first-order chi connectivity index (χ1) is 12.8. The Morgan fingerprint density at radius 2 is 1.67 bits per heavy atom. The molecule has 142 valence electrons. The highest BCUT2D eigenvalue weighted by molar-refractivity contribution is 7.93. The Balaban J connectivity index is 1.93. The average molecular weight is 422 g/mol. The molecule has 1 aromatic heterocycles. The molecule has 0 saturated heterocycles. The molecule has 8 heteroatoms. The number of sulfone groups is 1. The number of thiophene rings is 1. The van der Waals surface area contributed by atoms with E-state index in [0.29, 0.717) is 5.56 Å².